The normalized spacial score (nSPS) is 28.7. The molecule has 0 bridgehead atoms. The van der Waals surface area contributed by atoms with Gasteiger partial charge in [-0.2, -0.15) is 0 Å². The molecule has 0 aromatic rings. The monoisotopic (exact) mass is 318 g/mol. The summed E-state index contributed by atoms with van der Waals surface area (Å²) in [6.45, 7) is 1.84. The Morgan fingerprint density at radius 3 is 2.82 bits per heavy atom. The molecule has 2 aliphatic carbocycles. The summed E-state index contributed by atoms with van der Waals surface area (Å²) >= 11 is 3.33. The second kappa shape index (κ2) is 4.69. The number of ketones is 1. The van der Waals surface area contributed by atoms with Crippen molar-refractivity contribution in [3.05, 3.63) is 22.6 Å². The molecule has 1 fully saturated rings. The van der Waals surface area contributed by atoms with E-state index >= 15 is 0 Å². The van der Waals surface area contributed by atoms with Gasteiger partial charge in [0.2, 0.25) is 0 Å². The largest absolute Gasteiger partial charge is 0.293 e. The van der Waals surface area contributed by atoms with Crippen LogP contribution in [0.2, 0.25) is 0 Å². The van der Waals surface area contributed by atoms with Gasteiger partial charge in [0.05, 0.1) is 15.5 Å². The molecule has 0 spiro atoms. The molecule has 17 heavy (non-hydrogen) atoms. The summed E-state index contributed by atoms with van der Waals surface area (Å²) < 4.78 is 23.9. The molecule has 0 aromatic heterocycles. The van der Waals surface area contributed by atoms with Gasteiger partial charge < -0.3 is 0 Å². The number of sulfone groups is 1. The number of alkyl halides is 1. The molecule has 1 saturated carbocycles. The van der Waals surface area contributed by atoms with Crippen LogP contribution in [0.1, 0.15) is 26.2 Å². The number of hydrogen-bond donors (Lipinski definition) is 0. The van der Waals surface area contributed by atoms with Gasteiger partial charge in [-0.15, -0.1) is 0 Å². The molecule has 2 aliphatic rings. The highest BCUT2D eigenvalue weighted by molar-refractivity contribution is 9.10. The highest BCUT2D eigenvalue weighted by Gasteiger charge is 2.37. The molecule has 3 nitrogen and oxygen atoms in total. The van der Waals surface area contributed by atoms with Crippen molar-refractivity contribution in [1.29, 1.82) is 0 Å². The molecule has 5 heteroatoms. The molecule has 0 amide bonds. The topological polar surface area (TPSA) is 51.2 Å². The van der Waals surface area contributed by atoms with Gasteiger partial charge in [-0.25, -0.2) is 8.42 Å². The van der Waals surface area contributed by atoms with Gasteiger partial charge in [-0.05, 0) is 31.3 Å². The van der Waals surface area contributed by atoms with E-state index in [0.717, 1.165) is 6.42 Å². The smallest absolute Gasteiger partial charge is 0.178 e. The first-order valence-electron chi connectivity index (χ1n) is 5.78. The van der Waals surface area contributed by atoms with Crippen molar-refractivity contribution in [3.63, 3.8) is 0 Å². The fraction of sp³-hybridized carbons (Fsp3) is 0.583. The summed E-state index contributed by atoms with van der Waals surface area (Å²) in [6, 6.07) is 0. The SMILES string of the molecule is CCCS(=O)(=O)C1=CCC2CC(Br)C(=O)C2=C1. The number of allylic oxidation sites excluding steroid dienone is 3. The van der Waals surface area contributed by atoms with Gasteiger partial charge in [0.1, 0.15) is 0 Å². The lowest BCUT2D eigenvalue weighted by atomic mass is 9.94. The van der Waals surface area contributed by atoms with Gasteiger partial charge >= 0.3 is 0 Å². The summed E-state index contributed by atoms with van der Waals surface area (Å²) in [5, 5.41) is 0. The Hall–Kier alpha value is -0.420. The highest BCUT2D eigenvalue weighted by Crippen LogP contribution is 2.39. The van der Waals surface area contributed by atoms with Crippen LogP contribution in [0.4, 0.5) is 0 Å². The number of carbonyl (C=O) groups is 1. The molecule has 2 rings (SSSR count). The van der Waals surface area contributed by atoms with Crippen LogP contribution in [-0.4, -0.2) is 24.8 Å². The van der Waals surface area contributed by atoms with E-state index < -0.39 is 9.84 Å². The molecule has 0 radical (unpaired) electrons. The Labute approximate surface area is 110 Å². The van der Waals surface area contributed by atoms with Crippen LogP contribution < -0.4 is 0 Å². The molecule has 0 aromatic carbocycles. The number of rotatable bonds is 3. The Bertz CT molecular complexity index is 502. The van der Waals surface area contributed by atoms with E-state index in [2.05, 4.69) is 15.9 Å². The molecule has 2 atom stereocenters. The van der Waals surface area contributed by atoms with Gasteiger partial charge in [-0.3, -0.25) is 4.79 Å². The number of fused-ring (bicyclic) bond motifs is 1. The Balaban J connectivity index is 2.31. The molecule has 0 N–H and O–H groups in total. The van der Waals surface area contributed by atoms with Gasteiger partial charge in [0.25, 0.3) is 0 Å². The first kappa shape index (κ1) is 13.0. The molecular weight excluding hydrogens is 304 g/mol. The van der Waals surface area contributed by atoms with E-state index in [4.69, 9.17) is 0 Å². The van der Waals surface area contributed by atoms with E-state index in [0.29, 0.717) is 23.3 Å². The van der Waals surface area contributed by atoms with Crippen molar-refractivity contribution >= 4 is 31.6 Å². The van der Waals surface area contributed by atoms with Crippen molar-refractivity contribution in [2.45, 2.75) is 31.0 Å². The van der Waals surface area contributed by atoms with Crippen molar-refractivity contribution in [3.8, 4) is 0 Å². The van der Waals surface area contributed by atoms with Crippen molar-refractivity contribution in [1.82, 2.24) is 0 Å². The fourth-order valence-corrected chi connectivity index (χ4v) is 4.50. The lowest BCUT2D eigenvalue weighted by molar-refractivity contribution is -0.114. The second-order valence-electron chi connectivity index (χ2n) is 4.53. The van der Waals surface area contributed by atoms with E-state index in [1.54, 1.807) is 12.2 Å². The average molecular weight is 319 g/mol. The van der Waals surface area contributed by atoms with Gasteiger partial charge in [0.15, 0.2) is 15.6 Å². The molecule has 0 heterocycles. The van der Waals surface area contributed by atoms with E-state index in [1.807, 2.05) is 6.92 Å². The van der Waals surface area contributed by atoms with Crippen LogP contribution in [0.15, 0.2) is 22.6 Å². The Morgan fingerprint density at radius 1 is 1.47 bits per heavy atom. The first-order chi connectivity index (χ1) is 7.95. The van der Waals surface area contributed by atoms with Crippen LogP contribution in [0.3, 0.4) is 0 Å². The van der Waals surface area contributed by atoms with Crippen LogP contribution >= 0.6 is 15.9 Å². The third kappa shape index (κ3) is 2.40. The Morgan fingerprint density at radius 2 is 2.18 bits per heavy atom. The summed E-state index contributed by atoms with van der Waals surface area (Å²) in [5.74, 6) is 0.402. The van der Waals surface area contributed by atoms with E-state index in [9.17, 15) is 13.2 Å². The zero-order valence-electron chi connectivity index (χ0n) is 9.65. The van der Waals surface area contributed by atoms with Crippen LogP contribution in [0.5, 0.6) is 0 Å². The van der Waals surface area contributed by atoms with Gasteiger partial charge in [-0.1, -0.05) is 28.9 Å². The summed E-state index contributed by atoms with van der Waals surface area (Å²) in [6.07, 6.45) is 5.39. The molecule has 94 valence electrons. The van der Waals surface area contributed by atoms with E-state index in [1.165, 1.54) is 0 Å². The third-order valence-electron chi connectivity index (χ3n) is 3.23. The maximum atomic E-state index is 11.9. The molecular formula is C12H15BrO3S. The fourth-order valence-electron chi connectivity index (χ4n) is 2.35. The Kier molecular flexibility index (Phi) is 3.59. The minimum atomic E-state index is -3.20. The maximum absolute atomic E-state index is 11.9. The van der Waals surface area contributed by atoms with Crippen LogP contribution in [-0.2, 0) is 14.6 Å². The zero-order chi connectivity index (χ0) is 12.6. The average Bonchev–Trinajstić information content (AvgIpc) is 2.54. The molecule has 2 unspecified atom stereocenters. The first-order valence-corrected chi connectivity index (χ1v) is 8.35. The summed E-state index contributed by atoms with van der Waals surface area (Å²) in [4.78, 5) is 12.0. The van der Waals surface area contributed by atoms with Crippen LogP contribution in [0, 0.1) is 5.92 Å². The lowest BCUT2D eigenvalue weighted by Gasteiger charge is -2.15. The summed E-state index contributed by atoms with van der Waals surface area (Å²) in [5.41, 5.74) is 0.684. The van der Waals surface area contributed by atoms with Crippen molar-refractivity contribution < 1.29 is 13.2 Å². The second-order valence-corrected chi connectivity index (χ2v) is 7.74. The minimum absolute atomic E-state index is 0.0484. The number of Topliss-reactive ketones (excluding diaryl/α,β-unsaturated/α-hetero) is 1. The quantitative estimate of drug-likeness (QED) is 0.751. The summed E-state index contributed by atoms with van der Waals surface area (Å²) in [7, 11) is -3.20. The minimum Gasteiger partial charge on any atom is -0.293 e. The van der Waals surface area contributed by atoms with Crippen LogP contribution in [0.25, 0.3) is 0 Å². The molecule has 0 saturated heterocycles. The third-order valence-corrected chi connectivity index (χ3v) is 5.97. The number of hydrogen-bond acceptors (Lipinski definition) is 3. The van der Waals surface area contributed by atoms with Crippen molar-refractivity contribution in [2.75, 3.05) is 5.75 Å². The van der Waals surface area contributed by atoms with E-state index in [-0.39, 0.29) is 22.3 Å². The predicted molar refractivity (Wildman–Crippen MR) is 70.7 cm³/mol. The number of carbonyl (C=O) groups excluding carboxylic acids is 1. The van der Waals surface area contributed by atoms with Crippen molar-refractivity contribution in [2.24, 2.45) is 5.92 Å². The maximum Gasteiger partial charge on any atom is 0.178 e. The molecule has 0 aliphatic heterocycles. The highest BCUT2D eigenvalue weighted by atomic mass is 79.9. The number of halogens is 1. The zero-order valence-corrected chi connectivity index (χ0v) is 12.1. The lowest BCUT2D eigenvalue weighted by Crippen LogP contribution is -2.14. The van der Waals surface area contributed by atoms with Gasteiger partial charge in [0, 0.05) is 5.57 Å². The predicted octanol–water partition coefficient (Wildman–Crippen LogP) is 2.38. The standard InChI is InChI=1S/C12H15BrO3S/c1-2-5-17(15,16)9-4-3-8-6-11(13)12(14)10(8)7-9/h4,7-8,11H,2-3,5-6H2,1H3.